The summed E-state index contributed by atoms with van der Waals surface area (Å²) in [5, 5.41) is 13.2. The summed E-state index contributed by atoms with van der Waals surface area (Å²) >= 11 is 0. The first kappa shape index (κ1) is 13.7. The second-order valence-corrected chi connectivity index (χ2v) is 5.64. The summed E-state index contributed by atoms with van der Waals surface area (Å²) in [6.07, 6.45) is 5.91. The van der Waals surface area contributed by atoms with E-state index in [1.54, 1.807) is 0 Å². The fourth-order valence-corrected chi connectivity index (χ4v) is 3.03. The van der Waals surface area contributed by atoms with E-state index in [1.807, 2.05) is 18.2 Å². The summed E-state index contributed by atoms with van der Waals surface area (Å²) in [5.41, 5.74) is 1.07. The summed E-state index contributed by atoms with van der Waals surface area (Å²) in [7, 11) is 0. The van der Waals surface area contributed by atoms with E-state index in [4.69, 9.17) is 9.47 Å². The molecule has 0 bridgehead atoms. The lowest BCUT2D eigenvalue weighted by molar-refractivity contribution is 0.232. The van der Waals surface area contributed by atoms with Crippen molar-refractivity contribution >= 4 is 0 Å². The highest BCUT2D eigenvalue weighted by Crippen LogP contribution is 2.33. The van der Waals surface area contributed by atoms with Crippen molar-refractivity contribution in [2.24, 2.45) is 0 Å². The smallest absolute Gasteiger partial charge is 0.161 e. The number of ether oxygens (including phenoxy) is 2. The van der Waals surface area contributed by atoms with Gasteiger partial charge in [0.05, 0.1) is 25.9 Å². The van der Waals surface area contributed by atoms with Gasteiger partial charge in [0.15, 0.2) is 11.5 Å². The van der Waals surface area contributed by atoms with Gasteiger partial charge < -0.3 is 19.9 Å². The average Bonchev–Trinajstić information content (AvgIpc) is 2.87. The van der Waals surface area contributed by atoms with Crippen LogP contribution in [-0.4, -0.2) is 31.0 Å². The van der Waals surface area contributed by atoms with Crippen LogP contribution in [0.4, 0.5) is 0 Å². The van der Waals surface area contributed by atoms with Crippen molar-refractivity contribution in [3.8, 4) is 11.5 Å². The number of aliphatic hydroxyl groups is 1. The molecule has 3 rings (SSSR count). The molecule has 1 aromatic carbocycles. The van der Waals surface area contributed by atoms with E-state index < -0.39 is 0 Å². The van der Waals surface area contributed by atoms with Crippen LogP contribution in [0.25, 0.3) is 0 Å². The summed E-state index contributed by atoms with van der Waals surface area (Å²) in [4.78, 5) is 0. The molecule has 1 aliphatic heterocycles. The van der Waals surface area contributed by atoms with Crippen LogP contribution >= 0.6 is 0 Å². The third-order valence-electron chi connectivity index (χ3n) is 4.15. The number of benzene rings is 1. The molecule has 1 aromatic rings. The van der Waals surface area contributed by atoms with Gasteiger partial charge in [-0.1, -0.05) is 18.9 Å². The van der Waals surface area contributed by atoms with E-state index in [9.17, 15) is 5.11 Å². The number of hydrogen-bond acceptors (Lipinski definition) is 4. The summed E-state index contributed by atoms with van der Waals surface area (Å²) < 4.78 is 11.4. The van der Waals surface area contributed by atoms with E-state index >= 15 is 0 Å². The molecule has 2 N–H and O–H groups in total. The number of fused-ring (bicyclic) bond motifs is 1. The molecule has 1 heterocycles. The van der Waals surface area contributed by atoms with E-state index in [0.717, 1.165) is 23.5 Å². The SMILES string of the molecule is OCC(NC1CCCC1)c1ccc2c(c1)OCCCO2. The van der Waals surface area contributed by atoms with E-state index in [1.165, 1.54) is 25.7 Å². The van der Waals surface area contributed by atoms with Gasteiger partial charge in [-0.2, -0.15) is 0 Å². The summed E-state index contributed by atoms with van der Waals surface area (Å²) in [6, 6.07) is 6.49. The van der Waals surface area contributed by atoms with Crippen molar-refractivity contribution in [1.29, 1.82) is 0 Å². The number of aliphatic hydroxyl groups excluding tert-OH is 1. The van der Waals surface area contributed by atoms with Gasteiger partial charge >= 0.3 is 0 Å². The minimum absolute atomic E-state index is 0.0183. The highest BCUT2D eigenvalue weighted by atomic mass is 16.5. The molecule has 0 aromatic heterocycles. The van der Waals surface area contributed by atoms with Crippen molar-refractivity contribution < 1.29 is 14.6 Å². The van der Waals surface area contributed by atoms with Gasteiger partial charge in [-0.25, -0.2) is 0 Å². The molecule has 1 unspecified atom stereocenters. The van der Waals surface area contributed by atoms with Crippen LogP contribution < -0.4 is 14.8 Å². The fourth-order valence-electron chi connectivity index (χ4n) is 3.03. The van der Waals surface area contributed by atoms with Crippen LogP contribution in [0.15, 0.2) is 18.2 Å². The first-order valence-corrected chi connectivity index (χ1v) is 7.63. The Kier molecular flexibility index (Phi) is 4.43. The highest BCUT2D eigenvalue weighted by molar-refractivity contribution is 5.44. The van der Waals surface area contributed by atoms with Crippen LogP contribution in [0.2, 0.25) is 0 Å². The van der Waals surface area contributed by atoms with E-state index in [-0.39, 0.29) is 12.6 Å². The Bertz CT molecular complexity index is 443. The molecule has 1 aliphatic carbocycles. The van der Waals surface area contributed by atoms with Gasteiger partial charge in [0.1, 0.15) is 0 Å². The van der Waals surface area contributed by atoms with Crippen LogP contribution in [0.3, 0.4) is 0 Å². The molecule has 20 heavy (non-hydrogen) atoms. The highest BCUT2D eigenvalue weighted by Gasteiger charge is 2.21. The molecular formula is C16H23NO3. The predicted molar refractivity (Wildman–Crippen MR) is 77.3 cm³/mol. The molecule has 110 valence electrons. The molecule has 4 nitrogen and oxygen atoms in total. The van der Waals surface area contributed by atoms with Gasteiger partial charge in [-0.05, 0) is 30.5 Å². The molecule has 0 saturated heterocycles. The normalized spacial score (nSPS) is 20.6. The maximum atomic E-state index is 9.66. The Hall–Kier alpha value is -1.26. The summed E-state index contributed by atoms with van der Waals surface area (Å²) in [6.45, 7) is 1.50. The van der Waals surface area contributed by atoms with Crippen molar-refractivity contribution in [2.45, 2.75) is 44.2 Å². The standard InChI is InChI=1S/C16H23NO3/c18-11-14(17-13-4-1-2-5-13)12-6-7-15-16(10-12)20-9-3-8-19-15/h6-7,10,13-14,17-18H,1-5,8-9,11H2. The maximum Gasteiger partial charge on any atom is 0.161 e. The zero-order valence-corrected chi connectivity index (χ0v) is 11.8. The Morgan fingerprint density at radius 1 is 1.10 bits per heavy atom. The number of nitrogens with one attached hydrogen (secondary N) is 1. The molecule has 2 aliphatic rings. The Labute approximate surface area is 120 Å². The first-order valence-electron chi connectivity index (χ1n) is 7.63. The minimum Gasteiger partial charge on any atom is -0.490 e. The second-order valence-electron chi connectivity index (χ2n) is 5.64. The van der Waals surface area contributed by atoms with Crippen LogP contribution in [-0.2, 0) is 0 Å². The average molecular weight is 277 g/mol. The fraction of sp³-hybridized carbons (Fsp3) is 0.625. The molecule has 1 fully saturated rings. The van der Waals surface area contributed by atoms with Crippen molar-refractivity contribution in [2.75, 3.05) is 19.8 Å². The van der Waals surface area contributed by atoms with Crippen LogP contribution in [0.5, 0.6) is 11.5 Å². The third kappa shape index (κ3) is 3.07. The largest absolute Gasteiger partial charge is 0.490 e. The topological polar surface area (TPSA) is 50.7 Å². The zero-order valence-electron chi connectivity index (χ0n) is 11.8. The Morgan fingerprint density at radius 2 is 1.85 bits per heavy atom. The van der Waals surface area contributed by atoms with Crippen molar-refractivity contribution in [3.63, 3.8) is 0 Å². The van der Waals surface area contributed by atoms with Crippen molar-refractivity contribution in [3.05, 3.63) is 23.8 Å². The minimum atomic E-state index is -0.0183. The number of rotatable bonds is 4. The van der Waals surface area contributed by atoms with Crippen LogP contribution in [0.1, 0.15) is 43.7 Å². The lowest BCUT2D eigenvalue weighted by atomic mass is 10.1. The lowest BCUT2D eigenvalue weighted by Crippen LogP contribution is -2.32. The molecule has 0 amide bonds. The van der Waals surface area contributed by atoms with Gasteiger partial charge in [0.25, 0.3) is 0 Å². The zero-order chi connectivity index (χ0) is 13.8. The molecule has 1 atom stereocenters. The number of hydrogen-bond donors (Lipinski definition) is 2. The lowest BCUT2D eigenvalue weighted by Gasteiger charge is -2.22. The van der Waals surface area contributed by atoms with Gasteiger partial charge in [-0.15, -0.1) is 0 Å². The molecule has 1 saturated carbocycles. The molecule has 4 heteroatoms. The third-order valence-corrected chi connectivity index (χ3v) is 4.15. The monoisotopic (exact) mass is 277 g/mol. The van der Waals surface area contributed by atoms with Gasteiger partial charge in [0, 0.05) is 12.5 Å². The van der Waals surface area contributed by atoms with E-state index in [0.29, 0.717) is 19.3 Å². The first-order chi connectivity index (χ1) is 9.86. The van der Waals surface area contributed by atoms with Gasteiger partial charge in [0.2, 0.25) is 0 Å². The molecule has 0 radical (unpaired) electrons. The quantitative estimate of drug-likeness (QED) is 0.887. The molecule has 0 spiro atoms. The van der Waals surface area contributed by atoms with E-state index in [2.05, 4.69) is 5.32 Å². The molecular weight excluding hydrogens is 254 g/mol. The predicted octanol–water partition coefficient (Wildman–Crippen LogP) is 2.41. The Balaban J connectivity index is 1.75. The van der Waals surface area contributed by atoms with Gasteiger partial charge in [-0.3, -0.25) is 0 Å². The van der Waals surface area contributed by atoms with Crippen LogP contribution in [0, 0.1) is 0 Å². The van der Waals surface area contributed by atoms with Crippen molar-refractivity contribution in [1.82, 2.24) is 5.32 Å². The summed E-state index contributed by atoms with van der Waals surface area (Å²) in [5.74, 6) is 1.61. The maximum absolute atomic E-state index is 9.66. The second kappa shape index (κ2) is 6.46. The Morgan fingerprint density at radius 3 is 2.60 bits per heavy atom.